The van der Waals surface area contributed by atoms with Crippen molar-refractivity contribution in [1.29, 1.82) is 0 Å². The topological polar surface area (TPSA) is 46.3 Å². The summed E-state index contributed by atoms with van der Waals surface area (Å²) in [5.74, 6) is 0.247. The number of hydrogen-bond acceptors (Lipinski definition) is 2. The molecule has 20 heavy (non-hydrogen) atoms. The Bertz CT molecular complexity index is 436. The fourth-order valence-electron chi connectivity index (χ4n) is 3.13. The Morgan fingerprint density at radius 3 is 2.35 bits per heavy atom. The molecule has 0 aromatic heterocycles. The second kappa shape index (κ2) is 6.40. The maximum atomic E-state index is 13.0. The smallest absolute Gasteiger partial charge is 0.230 e. The van der Waals surface area contributed by atoms with Gasteiger partial charge in [-0.25, -0.2) is 0 Å². The van der Waals surface area contributed by atoms with Crippen molar-refractivity contribution in [3.8, 4) is 0 Å². The summed E-state index contributed by atoms with van der Waals surface area (Å²) in [6.07, 6.45) is 4.14. The number of nitrogens with two attached hydrogens (primary N) is 1. The van der Waals surface area contributed by atoms with Gasteiger partial charge in [0.1, 0.15) is 0 Å². The second-order valence-corrected chi connectivity index (χ2v) is 6.20. The summed E-state index contributed by atoms with van der Waals surface area (Å²) in [7, 11) is 0. The number of carbonyl (C=O) groups excluding carboxylic acids is 1. The molecular formula is C17H26N2O. The Balaban J connectivity index is 2.18. The molecule has 3 nitrogen and oxygen atoms in total. The van der Waals surface area contributed by atoms with Crippen molar-refractivity contribution < 1.29 is 4.79 Å². The average molecular weight is 274 g/mol. The number of amides is 1. The molecule has 2 N–H and O–H groups in total. The van der Waals surface area contributed by atoms with E-state index in [1.807, 2.05) is 23.1 Å². The minimum Gasteiger partial charge on any atom is -0.335 e. The van der Waals surface area contributed by atoms with E-state index < -0.39 is 0 Å². The molecule has 0 spiro atoms. The molecule has 3 heteroatoms. The van der Waals surface area contributed by atoms with Crippen LogP contribution in [-0.2, 0) is 11.3 Å². The molecule has 1 aromatic carbocycles. The number of nitrogens with zero attached hydrogens (tertiary/aromatic N) is 1. The van der Waals surface area contributed by atoms with E-state index in [0.29, 0.717) is 13.1 Å². The Hall–Kier alpha value is -1.35. The van der Waals surface area contributed by atoms with Crippen LogP contribution in [0.1, 0.15) is 45.1 Å². The van der Waals surface area contributed by atoms with Gasteiger partial charge in [0.25, 0.3) is 0 Å². The van der Waals surface area contributed by atoms with E-state index in [1.165, 1.54) is 5.56 Å². The molecule has 2 rings (SSSR count). The van der Waals surface area contributed by atoms with E-state index in [-0.39, 0.29) is 17.4 Å². The van der Waals surface area contributed by atoms with Crippen molar-refractivity contribution in [2.45, 2.75) is 52.1 Å². The van der Waals surface area contributed by atoms with Crippen molar-refractivity contribution in [2.75, 3.05) is 6.54 Å². The van der Waals surface area contributed by atoms with Gasteiger partial charge in [0.2, 0.25) is 5.91 Å². The predicted molar refractivity (Wildman–Crippen MR) is 82.1 cm³/mol. The van der Waals surface area contributed by atoms with E-state index in [9.17, 15) is 4.79 Å². The van der Waals surface area contributed by atoms with Crippen LogP contribution in [0, 0.1) is 5.41 Å². The van der Waals surface area contributed by atoms with Gasteiger partial charge in [0, 0.05) is 19.1 Å². The normalized spacial score (nSPS) is 17.4. The Morgan fingerprint density at radius 1 is 1.25 bits per heavy atom. The molecule has 1 aliphatic rings. The van der Waals surface area contributed by atoms with E-state index in [1.54, 1.807) is 0 Å². The van der Waals surface area contributed by atoms with Crippen LogP contribution < -0.4 is 5.73 Å². The summed E-state index contributed by atoms with van der Waals surface area (Å²) in [6.45, 7) is 5.32. The van der Waals surface area contributed by atoms with Crippen molar-refractivity contribution >= 4 is 5.91 Å². The molecule has 0 radical (unpaired) electrons. The Labute approximate surface area is 122 Å². The van der Waals surface area contributed by atoms with Gasteiger partial charge in [-0.1, -0.05) is 43.2 Å². The molecule has 0 unspecified atom stereocenters. The van der Waals surface area contributed by atoms with Crippen molar-refractivity contribution in [2.24, 2.45) is 11.1 Å². The molecule has 1 aliphatic carbocycles. The second-order valence-electron chi connectivity index (χ2n) is 6.20. The highest BCUT2D eigenvalue weighted by Crippen LogP contribution is 2.39. The molecule has 1 saturated carbocycles. The zero-order valence-corrected chi connectivity index (χ0v) is 12.6. The van der Waals surface area contributed by atoms with E-state index >= 15 is 0 Å². The van der Waals surface area contributed by atoms with Crippen LogP contribution >= 0.6 is 0 Å². The van der Waals surface area contributed by atoms with Gasteiger partial charge in [-0.15, -0.1) is 0 Å². The lowest BCUT2D eigenvalue weighted by Gasteiger charge is -2.36. The van der Waals surface area contributed by atoms with Gasteiger partial charge in [0.15, 0.2) is 0 Å². The van der Waals surface area contributed by atoms with E-state index in [2.05, 4.69) is 26.0 Å². The van der Waals surface area contributed by atoms with Gasteiger partial charge in [-0.2, -0.15) is 0 Å². The fraction of sp³-hybridized carbons (Fsp3) is 0.588. The molecule has 0 atom stereocenters. The van der Waals surface area contributed by atoms with Crippen LogP contribution in [0.2, 0.25) is 0 Å². The lowest BCUT2D eigenvalue weighted by molar-refractivity contribution is -0.144. The zero-order chi connectivity index (χ0) is 14.6. The number of rotatable bonds is 5. The first-order valence-electron chi connectivity index (χ1n) is 7.64. The van der Waals surface area contributed by atoms with Crippen LogP contribution in [0.3, 0.4) is 0 Å². The highest BCUT2D eigenvalue weighted by atomic mass is 16.2. The van der Waals surface area contributed by atoms with Gasteiger partial charge < -0.3 is 10.6 Å². The molecule has 1 aromatic rings. The van der Waals surface area contributed by atoms with Gasteiger partial charge >= 0.3 is 0 Å². The fourth-order valence-corrected chi connectivity index (χ4v) is 3.13. The van der Waals surface area contributed by atoms with Crippen LogP contribution in [0.15, 0.2) is 30.3 Å². The van der Waals surface area contributed by atoms with E-state index in [0.717, 1.165) is 25.7 Å². The summed E-state index contributed by atoms with van der Waals surface area (Å²) < 4.78 is 0. The molecule has 1 amide bonds. The summed E-state index contributed by atoms with van der Waals surface area (Å²) in [5, 5.41) is 0. The highest BCUT2D eigenvalue weighted by molar-refractivity contribution is 5.83. The van der Waals surface area contributed by atoms with Crippen molar-refractivity contribution in [1.82, 2.24) is 4.90 Å². The summed E-state index contributed by atoms with van der Waals surface area (Å²) in [5.41, 5.74) is 6.83. The van der Waals surface area contributed by atoms with Crippen LogP contribution in [0.25, 0.3) is 0 Å². The highest BCUT2D eigenvalue weighted by Gasteiger charge is 2.42. The molecule has 110 valence electrons. The van der Waals surface area contributed by atoms with Crippen LogP contribution in [-0.4, -0.2) is 23.4 Å². The lowest BCUT2D eigenvalue weighted by Crippen LogP contribution is -2.48. The first kappa shape index (κ1) is 15.0. The molecule has 0 aliphatic heterocycles. The van der Waals surface area contributed by atoms with Gasteiger partial charge in [0.05, 0.1) is 5.41 Å². The van der Waals surface area contributed by atoms with Crippen LogP contribution in [0.4, 0.5) is 0 Å². The SMILES string of the molecule is CC(C)N(Cc1ccccc1)C(=O)C1(CN)CCCC1. The average Bonchev–Trinajstić information content (AvgIpc) is 2.95. The third kappa shape index (κ3) is 3.04. The predicted octanol–water partition coefficient (Wildman–Crippen LogP) is 2.94. The Morgan fingerprint density at radius 2 is 1.85 bits per heavy atom. The maximum absolute atomic E-state index is 13.0. The molecule has 0 heterocycles. The first-order chi connectivity index (χ1) is 9.59. The third-order valence-corrected chi connectivity index (χ3v) is 4.49. The van der Waals surface area contributed by atoms with Crippen molar-refractivity contribution in [3.05, 3.63) is 35.9 Å². The van der Waals surface area contributed by atoms with Crippen molar-refractivity contribution in [3.63, 3.8) is 0 Å². The number of benzene rings is 1. The number of carbonyl (C=O) groups is 1. The minimum atomic E-state index is -0.306. The largest absolute Gasteiger partial charge is 0.335 e. The third-order valence-electron chi connectivity index (χ3n) is 4.49. The zero-order valence-electron chi connectivity index (χ0n) is 12.6. The summed E-state index contributed by atoms with van der Waals surface area (Å²) >= 11 is 0. The maximum Gasteiger partial charge on any atom is 0.230 e. The van der Waals surface area contributed by atoms with Gasteiger partial charge in [-0.3, -0.25) is 4.79 Å². The quantitative estimate of drug-likeness (QED) is 0.897. The Kier molecular flexibility index (Phi) is 4.81. The summed E-state index contributed by atoms with van der Waals surface area (Å²) in [4.78, 5) is 15.0. The van der Waals surface area contributed by atoms with Crippen LogP contribution in [0.5, 0.6) is 0 Å². The number of hydrogen-bond donors (Lipinski definition) is 1. The standard InChI is InChI=1S/C17H26N2O/c1-14(2)19(12-15-8-4-3-5-9-15)16(20)17(13-18)10-6-7-11-17/h3-5,8-9,14H,6-7,10-13,18H2,1-2H3. The monoisotopic (exact) mass is 274 g/mol. The van der Waals surface area contributed by atoms with Gasteiger partial charge in [-0.05, 0) is 32.3 Å². The minimum absolute atomic E-state index is 0.201. The lowest BCUT2D eigenvalue weighted by atomic mass is 9.84. The summed E-state index contributed by atoms with van der Waals surface area (Å²) in [6, 6.07) is 10.4. The molecular weight excluding hydrogens is 248 g/mol. The molecule has 0 bridgehead atoms. The first-order valence-corrected chi connectivity index (χ1v) is 7.64. The van der Waals surface area contributed by atoms with E-state index in [4.69, 9.17) is 5.73 Å². The molecule has 0 saturated heterocycles. The molecule has 1 fully saturated rings.